The molecule has 23 heavy (non-hydrogen) atoms. The highest BCUT2D eigenvalue weighted by atomic mass is 32.2. The van der Waals surface area contributed by atoms with E-state index >= 15 is 0 Å². The minimum Gasteiger partial charge on any atom is -0.481 e. The SMILES string of the molecule is CCS(=O)(=O)NC[C@@]12COC[C@H]1CN(c1cc(OC)ncn1)C2. The molecule has 1 aromatic heterocycles. The van der Waals surface area contributed by atoms with Crippen molar-refractivity contribution in [1.82, 2.24) is 14.7 Å². The molecule has 2 fully saturated rings. The van der Waals surface area contributed by atoms with Crippen molar-refractivity contribution in [1.29, 1.82) is 0 Å². The van der Waals surface area contributed by atoms with Crippen LogP contribution in [-0.4, -0.2) is 64.1 Å². The van der Waals surface area contributed by atoms with Crippen LogP contribution in [0.1, 0.15) is 6.92 Å². The maximum Gasteiger partial charge on any atom is 0.218 e. The zero-order chi connectivity index (χ0) is 16.5. The Labute approximate surface area is 136 Å². The third-order valence-corrected chi connectivity index (χ3v) is 6.05. The number of nitrogens with one attached hydrogen (secondary N) is 1. The number of rotatable bonds is 6. The summed E-state index contributed by atoms with van der Waals surface area (Å²) in [4.78, 5) is 10.5. The highest BCUT2D eigenvalue weighted by molar-refractivity contribution is 7.89. The third-order valence-electron chi connectivity index (χ3n) is 4.71. The van der Waals surface area contributed by atoms with Gasteiger partial charge < -0.3 is 14.4 Å². The average molecular weight is 342 g/mol. The maximum absolute atomic E-state index is 11.8. The number of anilines is 1. The normalized spacial score (nSPS) is 27.2. The summed E-state index contributed by atoms with van der Waals surface area (Å²) in [5.41, 5.74) is -0.208. The molecule has 128 valence electrons. The largest absolute Gasteiger partial charge is 0.481 e. The Hall–Kier alpha value is -1.45. The van der Waals surface area contributed by atoms with E-state index in [0.717, 1.165) is 12.4 Å². The van der Waals surface area contributed by atoms with Crippen LogP contribution in [0.25, 0.3) is 0 Å². The number of ether oxygens (including phenoxy) is 2. The Kier molecular flexibility index (Phi) is 4.43. The quantitative estimate of drug-likeness (QED) is 0.770. The molecule has 1 aromatic rings. The van der Waals surface area contributed by atoms with Crippen LogP contribution in [0.4, 0.5) is 5.82 Å². The topological polar surface area (TPSA) is 93.7 Å². The zero-order valence-corrected chi connectivity index (χ0v) is 14.2. The van der Waals surface area contributed by atoms with E-state index < -0.39 is 10.0 Å². The smallest absolute Gasteiger partial charge is 0.218 e. The van der Waals surface area contributed by atoms with Crippen LogP contribution >= 0.6 is 0 Å². The summed E-state index contributed by atoms with van der Waals surface area (Å²) in [6.45, 7) is 4.72. The second-order valence-corrected chi connectivity index (χ2v) is 8.19. The fourth-order valence-electron chi connectivity index (χ4n) is 3.23. The summed E-state index contributed by atoms with van der Waals surface area (Å²) in [5.74, 6) is 1.68. The summed E-state index contributed by atoms with van der Waals surface area (Å²) < 4.78 is 37.0. The molecule has 2 aliphatic heterocycles. The fourth-order valence-corrected chi connectivity index (χ4v) is 3.94. The van der Waals surface area contributed by atoms with Crippen molar-refractivity contribution in [2.75, 3.05) is 50.6 Å². The van der Waals surface area contributed by atoms with Crippen molar-refractivity contribution in [2.45, 2.75) is 6.92 Å². The zero-order valence-electron chi connectivity index (χ0n) is 13.4. The first-order valence-electron chi connectivity index (χ1n) is 7.64. The van der Waals surface area contributed by atoms with Gasteiger partial charge in [-0.2, -0.15) is 0 Å². The molecular weight excluding hydrogens is 320 g/mol. The van der Waals surface area contributed by atoms with Crippen molar-refractivity contribution >= 4 is 15.8 Å². The van der Waals surface area contributed by atoms with Crippen LogP contribution < -0.4 is 14.4 Å². The van der Waals surface area contributed by atoms with Gasteiger partial charge in [-0.3, -0.25) is 0 Å². The summed E-state index contributed by atoms with van der Waals surface area (Å²) >= 11 is 0. The van der Waals surface area contributed by atoms with E-state index in [1.165, 1.54) is 6.33 Å². The first kappa shape index (κ1) is 16.4. The lowest BCUT2D eigenvalue weighted by Crippen LogP contribution is -2.43. The number of aromatic nitrogens is 2. The monoisotopic (exact) mass is 342 g/mol. The van der Waals surface area contributed by atoms with Crippen LogP contribution in [0.5, 0.6) is 5.88 Å². The van der Waals surface area contributed by atoms with Gasteiger partial charge in [-0.1, -0.05) is 0 Å². The predicted octanol–water partition coefficient (Wildman–Crippen LogP) is -0.123. The molecule has 0 amide bonds. The lowest BCUT2D eigenvalue weighted by molar-refractivity contribution is 0.156. The van der Waals surface area contributed by atoms with E-state index in [2.05, 4.69) is 19.6 Å². The van der Waals surface area contributed by atoms with E-state index in [1.807, 2.05) is 0 Å². The van der Waals surface area contributed by atoms with Crippen LogP contribution in [0, 0.1) is 11.3 Å². The van der Waals surface area contributed by atoms with Crippen LogP contribution in [-0.2, 0) is 14.8 Å². The Bertz CT molecular complexity index is 668. The Morgan fingerprint density at radius 1 is 1.52 bits per heavy atom. The van der Waals surface area contributed by atoms with E-state index in [0.29, 0.717) is 32.2 Å². The van der Waals surface area contributed by atoms with Gasteiger partial charge in [0.2, 0.25) is 15.9 Å². The number of methoxy groups -OCH3 is 1. The van der Waals surface area contributed by atoms with Gasteiger partial charge in [-0.15, -0.1) is 0 Å². The minimum atomic E-state index is -3.21. The standard InChI is InChI=1S/C14H22N4O4S/c1-3-23(19,20)17-7-14-8-18(5-11(14)6-22-9-14)12-4-13(21-2)16-10-15-12/h4,10-11,17H,3,5-9H2,1-2H3/t11-,14-/m1/s1. The first-order chi connectivity index (χ1) is 11.0. The number of hydrogen-bond donors (Lipinski definition) is 1. The molecule has 0 radical (unpaired) electrons. The molecule has 2 saturated heterocycles. The highest BCUT2D eigenvalue weighted by Crippen LogP contribution is 2.42. The van der Waals surface area contributed by atoms with E-state index in [1.54, 1.807) is 20.1 Å². The van der Waals surface area contributed by atoms with Crippen molar-refractivity contribution in [3.8, 4) is 5.88 Å². The Morgan fingerprint density at radius 2 is 2.35 bits per heavy atom. The second-order valence-electron chi connectivity index (χ2n) is 6.10. The molecular formula is C14H22N4O4S. The van der Waals surface area contributed by atoms with Gasteiger partial charge in [0, 0.05) is 37.0 Å². The lowest BCUT2D eigenvalue weighted by atomic mass is 9.81. The molecule has 0 aliphatic carbocycles. The minimum absolute atomic E-state index is 0.0847. The average Bonchev–Trinajstić information content (AvgIpc) is 3.10. The van der Waals surface area contributed by atoms with Crippen LogP contribution in [0.3, 0.4) is 0 Å². The van der Waals surface area contributed by atoms with Crippen molar-refractivity contribution in [2.24, 2.45) is 11.3 Å². The molecule has 0 aromatic carbocycles. The molecule has 0 spiro atoms. The van der Waals surface area contributed by atoms with E-state index in [4.69, 9.17) is 9.47 Å². The summed E-state index contributed by atoms with van der Waals surface area (Å²) in [6, 6.07) is 1.80. The van der Waals surface area contributed by atoms with Gasteiger partial charge >= 0.3 is 0 Å². The molecule has 0 saturated carbocycles. The van der Waals surface area contributed by atoms with Gasteiger partial charge in [0.1, 0.15) is 12.1 Å². The highest BCUT2D eigenvalue weighted by Gasteiger charge is 2.51. The summed E-state index contributed by atoms with van der Waals surface area (Å²) in [5, 5.41) is 0. The Balaban J connectivity index is 1.76. The third kappa shape index (κ3) is 3.26. The van der Waals surface area contributed by atoms with E-state index in [9.17, 15) is 8.42 Å². The molecule has 1 N–H and O–H groups in total. The molecule has 9 heteroatoms. The van der Waals surface area contributed by atoms with Gasteiger partial charge in [0.05, 0.1) is 26.1 Å². The molecule has 2 atom stereocenters. The van der Waals surface area contributed by atoms with Gasteiger partial charge in [-0.25, -0.2) is 23.1 Å². The van der Waals surface area contributed by atoms with Crippen molar-refractivity contribution in [3.05, 3.63) is 12.4 Å². The molecule has 0 bridgehead atoms. The van der Waals surface area contributed by atoms with E-state index in [-0.39, 0.29) is 17.1 Å². The van der Waals surface area contributed by atoms with Gasteiger partial charge in [0.25, 0.3) is 0 Å². The first-order valence-corrected chi connectivity index (χ1v) is 9.29. The molecule has 8 nitrogen and oxygen atoms in total. The maximum atomic E-state index is 11.8. The van der Waals surface area contributed by atoms with Crippen LogP contribution in [0.2, 0.25) is 0 Å². The fraction of sp³-hybridized carbons (Fsp3) is 0.714. The molecule has 0 unspecified atom stereocenters. The number of fused-ring (bicyclic) bond motifs is 1. The summed E-state index contributed by atoms with van der Waals surface area (Å²) in [6.07, 6.45) is 1.48. The number of sulfonamides is 1. The molecule has 2 aliphatic rings. The number of nitrogens with zero attached hydrogens (tertiary/aromatic N) is 3. The number of hydrogen-bond acceptors (Lipinski definition) is 7. The van der Waals surface area contributed by atoms with Gasteiger partial charge in [-0.05, 0) is 6.92 Å². The Morgan fingerprint density at radius 3 is 3.09 bits per heavy atom. The predicted molar refractivity (Wildman–Crippen MR) is 85.0 cm³/mol. The molecule has 3 rings (SSSR count). The van der Waals surface area contributed by atoms with Crippen molar-refractivity contribution in [3.63, 3.8) is 0 Å². The van der Waals surface area contributed by atoms with Gasteiger partial charge in [0.15, 0.2) is 0 Å². The van der Waals surface area contributed by atoms with Crippen molar-refractivity contribution < 1.29 is 17.9 Å². The summed E-state index contributed by atoms with van der Waals surface area (Å²) in [7, 11) is -1.64. The lowest BCUT2D eigenvalue weighted by Gasteiger charge is -2.27. The molecule has 3 heterocycles. The van der Waals surface area contributed by atoms with Crippen LogP contribution in [0.15, 0.2) is 12.4 Å². The second kappa shape index (κ2) is 6.21.